The van der Waals surface area contributed by atoms with E-state index in [-0.39, 0.29) is 5.92 Å². The molecule has 0 bridgehead atoms. The van der Waals surface area contributed by atoms with Gasteiger partial charge in [-0.3, -0.25) is 0 Å². The number of aryl methyl sites for hydroxylation is 1. The van der Waals surface area contributed by atoms with E-state index in [1.807, 2.05) is 0 Å². The van der Waals surface area contributed by atoms with Gasteiger partial charge >= 0.3 is 0 Å². The fraction of sp³-hybridized carbons (Fsp3) is 0.700. The molecular formula is C20H30O2. The lowest BCUT2D eigenvalue weighted by molar-refractivity contribution is -0.119. The molecule has 0 aliphatic heterocycles. The quantitative estimate of drug-likeness (QED) is 0.865. The fourth-order valence-electron chi connectivity index (χ4n) is 4.78. The summed E-state index contributed by atoms with van der Waals surface area (Å²) in [5, 5.41) is 22.8. The van der Waals surface area contributed by atoms with E-state index in [2.05, 4.69) is 31.2 Å². The van der Waals surface area contributed by atoms with Gasteiger partial charge in [0, 0.05) is 5.92 Å². The highest BCUT2D eigenvalue weighted by atomic mass is 16.3. The van der Waals surface area contributed by atoms with Crippen molar-refractivity contribution < 1.29 is 10.2 Å². The first-order chi connectivity index (χ1) is 10.5. The van der Waals surface area contributed by atoms with Crippen molar-refractivity contribution in [2.45, 2.75) is 88.3 Å². The van der Waals surface area contributed by atoms with Crippen LogP contribution in [0.1, 0.15) is 81.3 Å². The molecule has 1 aromatic carbocycles. The van der Waals surface area contributed by atoms with Crippen LogP contribution in [-0.4, -0.2) is 21.4 Å². The van der Waals surface area contributed by atoms with Gasteiger partial charge in [0.1, 0.15) is 0 Å². The molecule has 122 valence electrons. The molecule has 3 rings (SSSR count). The third kappa shape index (κ3) is 3.09. The lowest BCUT2D eigenvalue weighted by atomic mass is 9.62. The molecule has 22 heavy (non-hydrogen) atoms. The van der Waals surface area contributed by atoms with Crippen molar-refractivity contribution in [2.24, 2.45) is 0 Å². The van der Waals surface area contributed by atoms with Crippen LogP contribution in [0.15, 0.2) is 24.3 Å². The second-order valence-corrected chi connectivity index (χ2v) is 7.67. The molecule has 2 heteroatoms. The third-order valence-electron chi connectivity index (χ3n) is 5.92. The standard InChI is InChI=1S/C20H30O2/c1-16-8-10-17(11-9-16)18(19(21)12-4-2-5-13-19)20(22)14-6-3-7-15-20/h8-11,18,21-22H,2-7,12-15H2,1H3. The zero-order valence-corrected chi connectivity index (χ0v) is 13.9. The minimum Gasteiger partial charge on any atom is -0.389 e. The van der Waals surface area contributed by atoms with Gasteiger partial charge in [-0.2, -0.15) is 0 Å². The summed E-state index contributed by atoms with van der Waals surface area (Å²) in [6.07, 6.45) is 10.0. The van der Waals surface area contributed by atoms with Gasteiger partial charge < -0.3 is 10.2 Å². The summed E-state index contributed by atoms with van der Waals surface area (Å²) in [5.41, 5.74) is 0.882. The summed E-state index contributed by atoms with van der Waals surface area (Å²) >= 11 is 0. The summed E-state index contributed by atoms with van der Waals surface area (Å²) < 4.78 is 0. The Balaban J connectivity index is 1.99. The molecule has 1 aromatic rings. The van der Waals surface area contributed by atoms with E-state index < -0.39 is 11.2 Å². The van der Waals surface area contributed by atoms with Crippen molar-refractivity contribution in [3.05, 3.63) is 35.4 Å². The minimum atomic E-state index is -0.737. The maximum absolute atomic E-state index is 11.4. The largest absolute Gasteiger partial charge is 0.389 e. The number of benzene rings is 1. The van der Waals surface area contributed by atoms with Gasteiger partial charge in [0.05, 0.1) is 11.2 Å². The van der Waals surface area contributed by atoms with E-state index in [1.54, 1.807) is 0 Å². The Morgan fingerprint density at radius 2 is 1.14 bits per heavy atom. The van der Waals surface area contributed by atoms with Crippen molar-refractivity contribution in [1.82, 2.24) is 0 Å². The predicted molar refractivity (Wildman–Crippen MR) is 90.0 cm³/mol. The van der Waals surface area contributed by atoms with Crippen molar-refractivity contribution >= 4 is 0 Å². The molecule has 2 aliphatic rings. The highest BCUT2D eigenvalue weighted by Gasteiger charge is 2.50. The molecule has 0 radical (unpaired) electrons. The Bertz CT molecular complexity index is 455. The maximum atomic E-state index is 11.4. The van der Waals surface area contributed by atoms with Gasteiger partial charge in [-0.25, -0.2) is 0 Å². The van der Waals surface area contributed by atoms with E-state index >= 15 is 0 Å². The summed E-state index contributed by atoms with van der Waals surface area (Å²) in [5.74, 6) is -0.138. The Hall–Kier alpha value is -0.860. The van der Waals surface area contributed by atoms with Crippen molar-refractivity contribution in [3.63, 3.8) is 0 Å². The molecule has 0 unspecified atom stereocenters. The van der Waals surface area contributed by atoms with E-state index in [1.165, 1.54) is 18.4 Å². The van der Waals surface area contributed by atoms with Crippen LogP contribution < -0.4 is 0 Å². The van der Waals surface area contributed by atoms with E-state index in [0.29, 0.717) is 0 Å². The smallest absolute Gasteiger partial charge is 0.0743 e. The minimum absolute atomic E-state index is 0.138. The van der Waals surface area contributed by atoms with Crippen LogP contribution in [0.3, 0.4) is 0 Å². The van der Waals surface area contributed by atoms with E-state index in [9.17, 15) is 10.2 Å². The Morgan fingerprint density at radius 3 is 1.55 bits per heavy atom. The first-order valence-electron chi connectivity index (χ1n) is 9.05. The van der Waals surface area contributed by atoms with Gasteiger partial charge in [-0.15, -0.1) is 0 Å². The van der Waals surface area contributed by atoms with Crippen molar-refractivity contribution in [2.75, 3.05) is 0 Å². The van der Waals surface area contributed by atoms with Crippen LogP contribution in [0.25, 0.3) is 0 Å². The lowest BCUT2D eigenvalue weighted by Gasteiger charge is -2.49. The van der Waals surface area contributed by atoms with Crippen molar-refractivity contribution in [3.8, 4) is 0 Å². The molecule has 2 nitrogen and oxygen atoms in total. The predicted octanol–water partition coefficient (Wildman–Crippen LogP) is 4.47. The SMILES string of the molecule is Cc1ccc(C(C2(O)CCCCC2)C2(O)CCCCC2)cc1. The van der Waals surface area contributed by atoms with Gasteiger partial charge in [-0.05, 0) is 38.2 Å². The fourth-order valence-corrected chi connectivity index (χ4v) is 4.78. The molecule has 0 saturated heterocycles. The van der Waals surface area contributed by atoms with E-state index in [0.717, 1.165) is 56.9 Å². The van der Waals surface area contributed by atoms with Crippen molar-refractivity contribution in [1.29, 1.82) is 0 Å². The average Bonchev–Trinajstić information content (AvgIpc) is 2.50. The summed E-state index contributed by atoms with van der Waals surface area (Å²) in [6.45, 7) is 2.09. The highest BCUT2D eigenvalue weighted by molar-refractivity contribution is 5.30. The van der Waals surface area contributed by atoms with Gasteiger partial charge in [-0.1, -0.05) is 68.4 Å². The molecule has 0 spiro atoms. The Kier molecular flexibility index (Phi) is 4.61. The number of hydrogen-bond donors (Lipinski definition) is 2. The Morgan fingerprint density at radius 1 is 0.727 bits per heavy atom. The van der Waals surface area contributed by atoms with Gasteiger partial charge in [0.2, 0.25) is 0 Å². The van der Waals surface area contributed by atoms with Crippen LogP contribution in [0.4, 0.5) is 0 Å². The molecular weight excluding hydrogens is 272 g/mol. The van der Waals surface area contributed by atoms with Crippen LogP contribution in [0.2, 0.25) is 0 Å². The molecule has 0 amide bonds. The third-order valence-corrected chi connectivity index (χ3v) is 5.92. The number of aliphatic hydroxyl groups is 2. The van der Waals surface area contributed by atoms with Gasteiger partial charge in [0.25, 0.3) is 0 Å². The molecule has 2 saturated carbocycles. The van der Waals surface area contributed by atoms with E-state index in [4.69, 9.17) is 0 Å². The van der Waals surface area contributed by atoms with Gasteiger partial charge in [0.15, 0.2) is 0 Å². The van der Waals surface area contributed by atoms with Crippen LogP contribution in [0, 0.1) is 6.92 Å². The normalized spacial score (nSPS) is 24.4. The maximum Gasteiger partial charge on any atom is 0.0743 e. The van der Waals surface area contributed by atoms with Crippen LogP contribution >= 0.6 is 0 Å². The highest BCUT2D eigenvalue weighted by Crippen LogP contribution is 2.50. The molecule has 2 fully saturated rings. The molecule has 0 aromatic heterocycles. The molecule has 2 N–H and O–H groups in total. The lowest BCUT2D eigenvalue weighted by Crippen LogP contribution is -2.52. The summed E-state index contributed by atoms with van der Waals surface area (Å²) in [6, 6.07) is 8.47. The topological polar surface area (TPSA) is 40.5 Å². The monoisotopic (exact) mass is 302 g/mol. The zero-order chi connectivity index (χ0) is 15.6. The number of rotatable bonds is 3. The summed E-state index contributed by atoms with van der Waals surface area (Å²) in [7, 11) is 0. The van der Waals surface area contributed by atoms with Crippen LogP contribution in [-0.2, 0) is 0 Å². The molecule has 0 atom stereocenters. The summed E-state index contributed by atoms with van der Waals surface area (Å²) in [4.78, 5) is 0. The second-order valence-electron chi connectivity index (χ2n) is 7.67. The molecule has 0 heterocycles. The van der Waals surface area contributed by atoms with Crippen LogP contribution in [0.5, 0.6) is 0 Å². The average molecular weight is 302 g/mol. The first-order valence-corrected chi connectivity index (χ1v) is 9.05. The molecule has 2 aliphatic carbocycles. The zero-order valence-electron chi connectivity index (χ0n) is 13.9. The Labute approximate surface area is 134 Å². The first kappa shape index (κ1) is 16.0. The second kappa shape index (κ2) is 6.33. The number of hydrogen-bond acceptors (Lipinski definition) is 2.